The number of hydrogen-bond donors (Lipinski definition) is 7. The summed E-state index contributed by atoms with van der Waals surface area (Å²) in [5.74, 6) is 0. The first kappa shape index (κ1) is 49.9. The van der Waals surface area contributed by atoms with E-state index >= 15 is 0 Å². The Hall–Kier alpha value is -1.10. The quantitative estimate of drug-likeness (QED) is 0.0284. The average molecular weight is 753 g/mol. The molecule has 0 aromatic carbocycles. The Morgan fingerprint density at radius 3 is 1.49 bits per heavy atom. The number of aliphatic hydroxyl groups excluding tert-OH is 2. The van der Waals surface area contributed by atoms with Gasteiger partial charge in [0.25, 0.3) is 0 Å². The van der Waals surface area contributed by atoms with Gasteiger partial charge in [-0.2, -0.15) is 0 Å². The van der Waals surface area contributed by atoms with Crippen LogP contribution in [0.25, 0.3) is 0 Å². The third-order valence-corrected chi connectivity index (χ3v) is 11.8. The minimum absolute atomic E-state index is 0.00408. The van der Waals surface area contributed by atoms with Gasteiger partial charge in [0.1, 0.15) is 0 Å². The fraction of sp³-hybridized carbons (Fsp3) is 0.867. The van der Waals surface area contributed by atoms with E-state index in [0.29, 0.717) is 70.3 Å². The second-order valence-electron chi connectivity index (χ2n) is 19.0. The molecule has 7 atom stereocenters. The van der Waals surface area contributed by atoms with E-state index in [4.69, 9.17) is 9.84 Å². The maximum absolute atomic E-state index is 11.0. The van der Waals surface area contributed by atoms with Crippen molar-refractivity contribution in [3.63, 3.8) is 0 Å². The highest BCUT2D eigenvalue weighted by molar-refractivity contribution is 5.07. The molecule has 1 heterocycles. The van der Waals surface area contributed by atoms with Gasteiger partial charge in [-0.05, 0) is 198 Å². The SMILES string of the molecule is CC(=CCCC1(C)OC1CCC(C)=CCO)CCC=C(C)CCCC(C)(O)CCCC(C)(O)CCCC(C)(O)CCCC(C)(O)CCC(O)C(C)(C)O. The monoisotopic (exact) mass is 753 g/mol. The molecule has 0 aromatic rings. The van der Waals surface area contributed by atoms with E-state index in [-0.39, 0.29) is 12.2 Å². The van der Waals surface area contributed by atoms with E-state index in [9.17, 15) is 30.6 Å². The Kier molecular flexibility index (Phi) is 21.3. The van der Waals surface area contributed by atoms with Crippen LogP contribution in [0.4, 0.5) is 0 Å². The summed E-state index contributed by atoms with van der Waals surface area (Å²) >= 11 is 0. The summed E-state index contributed by atoms with van der Waals surface area (Å²) in [7, 11) is 0. The van der Waals surface area contributed by atoms with Gasteiger partial charge in [0.15, 0.2) is 0 Å². The van der Waals surface area contributed by atoms with Crippen LogP contribution >= 0.6 is 0 Å². The fourth-order valence-electron chi connectivity index (χ4n) is 7.45. The summed E-state index contributed by atoms with van der Waals surface area (Å²) in [4.78, 5) is 0. The van der Waals surface area contributed by atoms with E-state index in [1.807, 2.05) is 26.8 Å². The normalized spacial score (nSPS) is 23.9. The first-order valence-electron chi connectivity index (χ1n) is 20.9. The molecule has 0 aliphatic carbocycles. The van der Waals surface area contributed by atoms with Gasteiger partial charge in [-0.1, -0.05) is 34.9 Å². The van der Waals surface area contributed by atoms with Crippen LogP contribution in [0.2, 0.25) is 0 Å². The molecule has 7 N–H and O–H groups in total. The largest absolute Gasteiger partial charge is 0.392 e. The van der Waals surface area contributed by atoms with Crippen LogP contribution in [0.1, 0.15) is 198 Å². The van der Waals surface area contributed by atoms with Gasteiger partial charge in [0, 0.05) is 0 Å². The topological polar surface area (TPSA) is 154 Å². The smallest absolute Gasteiger partial charge is 0.0923 e. The zero-order valence-electron chi connectivity index (χ0n) is 35.8. The molecule has 1 aliphatic heterocycles. The molecule has 0 amide bonds. The highest BCUT2D eigenvalue weighted by Gasteiger charge is 2.50. The molecule has 0 saturated carbocycles. The Morgan fingerprint density at radius 2 is 1.02 bits per heavy atom. The Morgan fingerprint density at radius 1 is 0.604 bits per heavy atom. The molecular formula is C45H84O8. The molecule has 53 heavy (non-hydrogen) atoms. The number of aliphatic hydroxyl groups is 7. The average Bonchev–Trinajstić information content (AvgIpc) is 3.66. The van der Waals surface area contributed by atoms with Crippen LogP contribution in [0.3, 0.4) is 0 Å². The van der Waals surface area contributed by atoms with Gasteiger partial charge in [-0.15, -0.1) is 0 Å². The summed E-state index contributed by atoms with van der Waals surface area (Å²) in [6, 6.07) is 0. The Bertz CT molecular complexity index is 1130. The maximum Gasteiger partial charge on any atom is 0.0923 e. The number of epoxide rings is 1. The van der Waals surface area contributed by atoms with Gasteiger partial charge in [0.05, 0.1) is 52.4 Å². The van der Waals surface area contributed by atoms with E-state index in [1.165, 1.54) is 16.7 Å². The zero-order valence-corrected chi connectivity index (χ0v) is 35.8. The molecule has 1 rings (SSSR count). The molecule has 0 radical (unpaired) electrons. The van der Waals surface area contributed by atoms with Gasteiger partial charge in [0.2, 0.25) is 0 Å². The van der Waals surface area contributed by atoms with Crippen molar-refractivity contribution in [2.24, 2.45) is 0 Å². The predicted molar refractivity (Wildman–Crippen MR) is 219 cm³/mol. The summed E-state index contributed by atoms with van der Waals surface area (Å²) < 4.78 is 6.00. The second-order valence-corrected chi connectivity index (χ2v) is 19.0. The van der Waals surface area contributed by atoms with Gasteiger partial charge >= 0.3 is 0 Å². The van der Waals surface area contributed by atoms with E-state index < -0.39 is 34.1 Å². The van der Waals surface area contributed by atoms with Crippen LogP contribution in [-0.2, 0) is 4.74 Å². The van der Waals surface area contributed by atoms with Gasteiger partial charge in [-0.3, -0.25) is 0 Å². The van der Waals surface area contributed by atoms with Crippen molar-refractivity contribution in [2.45, 2.75) is 243 Å². The van der Waals surface area contributed by atoms with Gasteiger partial charge in [-0.25, -0.2) is 0 Å². The summed E-state index contributed by atoms with van der Waals surface area (Å²) in [6.07, 6.45) is 21.0. The van der Waals surface area contributed by atoms with E-state index in [0.717, 1.165) is 64.2 Å². The van der Waals surface area contributed by atoms with Gasteiger partial charge < -0.3 is 40.5 Å². The molecule has 312 valence electrons. The molecule has 0 spiro atoms. The molecule has 0 bridgehead atoms. The molecule has 1 aliphatic rings. The molecule has 1 saturated heterocycles. The van der Waals surface area contributed by atoms with Crippen LogP contribution in [0.15, 0.2) is 34.9 Å². The molecule has 0 aromatic heterocycles. The first-order chi connectivity index (χ1) is 24.3. The lowest BCUT2D eigenvalue weighted by Gasteiger charge is -2.31. The van der Waals surface area contributed by atoms with Crippen molar-refractivity contribution < 1.29 is 40.5 Å². The maximum atomic E-state index is 11.0. The number of allylic oxidation sites excluding steroid dienone is 5. The van der Waals surface area contributed by atoms with Crippen LogP contribution in [0.5, 0.6) is 0 Å². The van der Waals surface area contributed by atoms with Crippen molar-refractivity contribution in [1.82, 2.24) is 0 Å². The standard InChI is InChI=1S/C45H84O8/c1-35(17-11-18-36(2)20-13-32-45(10)39(53-45)22-21-37(3)24-34-46)19-12-25-41(6,49)26-14-27-42(7,50)28-15-29-43(8,51)30-16-31-44(9,52)33-23-38(47)40(4,5)48/h17,20,24,38-39,46-52H,11-16,18-19,21-23,25-34H2,1-10H3. The predicted octanol–water partition coefficient (Wildman–Crippen LogP) is 8.91. The summed E-state index contributed by atoms with van der Waals surface area (Å²) in [5, 5.41) is 72.7. The van der Waals surface area contributed by atoms with Crippen molar-refractivity contribution in [2.75, 3.05) is 6.61 Å². The van der Waals surface area contributed by atoms with Crippen molar-refractivity contribution in [3.8, 4) is 0 Å². The van der Waals surface area contributed by atoms with Crippen molar-refractivity contribution in [1.29, 1.82) is 0 Å². The molecule has 8 nitrogen and oxygen atoms in total. The Labute approximate surface area is 324 Å². The third kappa shape index (κ3) is 23.5. The van der Waals surface area contributed by atoms with Crippen LogP contribution < -0.4 is 0 Å². The Balaban J connectivity index is 2.26. The van der Waals surface area contributed by atoms with E-state index in [1.54, 1.807) is 20.8 Å². The fourth-order valence-corrected chi connectivity index (χ4v) is 7.45. The van der Waals surface area contributed by atoms with E-state index in [2.05, 4.69) is 39.8 Å². The zero-order chi connectivity index (χ0) is 40.6. The first-order valence-corrected chi connectivity index (χ1v) is 20.9. The molecule has 8 heteroatoms. The molecular weight excluding hydrogens is 668 g/mol. The summed E-state index contributed by atoms with van der Waals surface area (Å²) in [5.41, 5.74) is -0.677. The highest BCUT2D eigenvalue weighted by Crippen LogP contribution is 2.43. The van der Waals surface area contributed by atoms with Crippen LogP contribution in [0, 0.1) is 0 Å². The molecule has 1 fully saturated rings. The molecule has 7 unspecified atom stereocenters. The number of ether oxygens (including phenoxy) is 1. The van der Waals surface area contributed by atoms with Crippen molar-refractivity contribution in [3.05, 3.63) is 34.9 Å². The lowest BCUT2D eigenvalue weighted by atomic mass is 9.84. The lowest BCUT2D eigenvalue weighted by molar-refractivity contribution is -0.0649. The van der Waals surface area contributed by atoms with Crippen molar-refractivity contribution >= 4 is 0 Å². The lowest BCUT2D eigenvalue weighted by Crippen LogP contribution is -2.38. The minimum Gasteiger partial charge on any atom is -0.392 e. The number of rotatable bonds is 30. The third-order valence-electron chi connectivity index (χ3n) is 11.8. The van der Waals surface area contributed by atoms with Crippen LogP contribution in [-0.4, -0.2) is 88.2 Å². The second kappa shape index (κ2) is 22.6. The number of hydrogen-bond acceptors (Lipinski definition) is 8. The highest BCUT2D eigenvalue weighted by atomic mass is 16.6. The summed E-state index contributed by atoms with van der Waals surface area (Å²) in [6.45, 7) is 19.2. The minimum atomic E-state index is -1.20.